The highest BCUT2D eigenvalue weighted by Crippen LogP contribution is 2.36. The number of piperazine rings is 1. The average molecular weight is 468 g/mol. The van der Waals surface area contributed by atoms with Crippen molar-refractivity contribution in [2.45, 2.75) is 9.92 Å². The van der Waals surface area contributed by atoms with Crippen LogP contribution in [0.15, 0.2) is 60.6 Å². The molecule has 2 aromatic heterocycles. The third kappa shape index (κ3) is 3.69. The largest absolute Gasteiger partial charge is 0.418 e. The zero-order valence-corrected chi connectivity index (χ0v) is 17.8. The highest BCUT2D eigenvalue weighted by Gasteiger charge is 2.32. The molecule has 3 aromatic rings. The van der Waals surface area contributed by atoms with E-state index in [4.69, 9.17) is 4.42 Å². The van der Waals surface area contributed by atoms with Crippen molar-refractivity contribution in [1.29, 1.82) is 0 Å². The summed E-state index contributed by atoms with van der Waals surface area (Å²) in [5, 5.41) is 1.90. The standard InChI is InChI=1S/C18H18BrN3O3S2/c1-21-8-10-22(11-9-21)18-17(20-16(25-18)15-3-2-12-26-15)27(23,24)14-6-4-13(19)5-7-14/h2-7,12H,8-11H2,1H3. The van der Waals surface area contributed by atoms with Crippen molar-refractivity contribution in [2.75, 3.05) is 38.1 Å². The number of thiophene rings is 1. The molecule has 0 saturated carbocycles. The van der Waals surface area contributed by atoms with Gasteiger partial charge in [-0.25, -0.2) is 8.42 Å². The van der Waals surface area contributed by atoms with Gasteiger partial charge in [0.05, 0.1) is 9.77 Å². The minimum absolute atomic E-state index is 0.0159. The molecule has 0 spiro atoms. The van der Waals surface area contributed by atoms with Crippen LogP contribution in [-0.2, 0) is 9.84 Å². The lowest BCUT2D eigenvalue weighted by molar-refractivity contribution is 0.305. The number of rotatable bonds is 4. The molecular formula is C18H18BrN3O3S2. The Labute approximate surface area is 170 Å². The maximum absolute atomic E-state index is 13.3. The van der Waals surface area contributed by atoms with Crippen molar-refractivity contribution in [3.8, 4) is 10.8 Å². The second kappa shape index (κ2) is 7.38. The van der Waals surface area contributed by atoms with Gasteiger partial charge in [-0.15, -0.1) is 11.3 Å². The number of oxazole rings is 1. The maximum Gasteiger partial charge on any atom is 0.240 e. The fourth-order valence-corrected chi connectivity index (χ4v) is 5.15. The number of halogens is 1. The molecule has 0 aliphatic carbocycles. The molecule has 0 bridgehead atoms. The fraction of sp³-hybridized carbons (Fsp3) is 0.278. The summed E-state index contributed by atoms with van der Waals surface area (Å²) < 4.78 is 33.4. The van der Waals surface area contributed by atoms with Gasteiger partial charge in [-0.3, -0.25) is 0 Å². The molecule has 0 radical (unpaired) electrons. The summed E-state index contributed by atoms with van der Waals surface area (Å²) in [7, 11) is -1.75. The molecule has 27 heavy (non-hydrogen) atoms. The Hall–Kier alpha value is -1.68. The quantitative estimate of drug-likeness (QED) is 0.581. The molecule has 0 unspecified atom stereocenters. The van der Waals surface area contributed by atoms with Crippen LogP contribution in [0.2, 0.25) is 0 Å². The predicted molar refractivity (Wildman–Crippen MR) is 109 cm³/mol. The monoisotopic (exact) mass is 467 g/mol. The number of likely N-dealkylation sites (N-methyl/N-ethyl adjacent to an activating group) is 1. The Morgan fingerprint density at radius 2 is 1.81 bits per heavy atom. The fourth-order valence-electron chi connectivity index (χ4n) is 2.91. The van der Waals surface area contributed by atoms with Crippen LogP contribution in [-0.4, -0.2) is 51.5 Å². The second-order valence-electron chi connectivity index (χ2n) is 6.35. The molecule has 1 aromatic carbocycles. The molecule has 0 amide bonds. The van der Waals surface area contributed by atoms with Crippen molar-refractivity contribution in [3.63, 3.8) is 0 Å². The topological polar surface area (TPSA) is 66.7 Å². The van der Waals surface area contributed by atoms with Gasteiger partial charge in [0, 0.05) is 30.7 Å². The van der Waals surface area contributed by atoms with Gasteiger partial charge in [-0.05, 0) is 42.8 Å². The maximum atomic E-state index is 13.3. The van der Waals surface area contributed by atoms with Crippen molar-refractivity contribution in [3.05, 3.63) is 46.3 Å². The van der Waals surface area contributed by atoms with Gasteiger partial charge in [-0.2, -0.15) is 4.98 Å². The molecule has 1 saturated heterocycles. The van der Waals surface area contributed by atoms with E-state index >= 15 is 0 Å². The molecule has 4 rings (SSSR count). The minimum Gasteiger partial charge on any atom is -0.418 e. The third-order valence-corrected chi connectivity index (χ3v) is 7.53. The summed E-state index contributed by atoms with van der Waals surface area (Å²) in [6.45, 7) is 3.07. The summed E-state index contributed by atoms with van der Waals surface area (Å²) in [6.07, 6.45) is 0. The van der Waals surface area contributed by atoms with E-state index in [-0.39, 0.29) is 9.92 Å². The molecule has 9 heteroatoms. The molecule has 0 atom stereocenters. The van der Waals surface area contributed by atoms with Crippen LogP contribution in [0.5, 0.6) is 0 Å². The lowest BCUT2D eigenvalue weighted by Crippen LogP contribution is -2.44. The number of hydrogen-bond acceptors (Lipinski definition) is 7. The van der Waals surface area contributed by atoms with Gasteiger partial charge in [-0.1, -0.05) is 22.0 Å². The van der Waals surface area contributed by atoms with Gasteiger partial charge < -0.3 is 14.2 Å². The number of aromatic nitrogens is 1. The lowest BCUT2D eigenvalue weighted by Gasteiger charge is -2.32. The highest BCUT2D eigenvalue weighted by atomic mass is 79.9. The molecule has 1 aliphatic heterocycles. The summed E-state index contributed by atoms with van der Waals surface area (Å²) in [4.78, 5) is 9.59. The van der Waals surface area contributed by atoms with Crippen LogP contribution in [0.4, 0.5) is 5.88 Å². The Kier molecular flexibility index (Phi) is 5.11. The van der Waals surface area contributed by atoms with Crippen LogP contribution >= 0.6 is 27.3 Å². The predicted octanol–water partition coefficient (Wildman–Crippen LogP) is 3.75. The molecular weight excluding hydrogens is 450 g/mol. The average Bonchev–Trinajstić information content (AvgIpc) is 3.33. The first-order valence-electron chi connectivity index (χ1n) is 8.44. The lowest BCUT2D eigenvalue weighted by atomic mass is 10.3. The summed E-state index contributed by atoms with van der Waals surface area (Å²) >= 11 is 4.81. The van der Waals surface area contributed by atoms with Gasteiger partial charge in [0.25, 0.3) is 0 Å². The molecule has 142 valence electrons. The SMILES string of the molecule is CN1CCN(c2oc(-c3cccs3)nc2S(=O)(=O)c2ccc(Br)cc2)CC1. The number of hydrogen-bond donors (Lipinski definition) is 0. The Balaban J connectivity index is 1.81. The van der Waals surface area contributed by atoms with Crippen molar-refractivity contribution >= 4 is 43.0 Å². The number of benzene rings is 1. The highest BCUT2D eigenvalue weighted by molar-refractivity contribution is 9.10. The van der Waals surface area contributed by atoms with E-state index in [2.05, 4.69) is 25.8 Å². The zero-order valence-electron chi connectivity index (χ0n) is 14.6. The van der Waals surface area contributed by atoms with Gasteiger partial charge in [0.15, 0.2) is 0 Å². The summed E-state index contributed by atoms with van der Waals surface area (Å²) in [5.74, 6) is 0.670. The van der Waals surface area contributed by atoms with Crippen molar-refractivity contribution in [1.82, 2.24) is 9.88 Å². The first-order chi connectivity index (χ1) is 12.9. The third-order valence-electron chi connectivity index (χ3n) is 4.48. The molecule has 1 aliphatic rings. The van der Waals surface area contributed by atoms with E-state index in [1.54, 1.807) is 24.3 Å². The van der Waals surface area contributed by atoms with E-state index in [0.29, 0.717) is 24.9 Å². The smallest absolute Gasteiger partial charge is 0.240 e. The molecule has 3 heterocycles. The van der Waals surface area contributed by atoms with E-state index in [1.807, 2.05) is 29.5 Å². The van der Waals surface area contributed by atoms with Crippen LogP contribution in [0.25, 0.3) is 10.8 Å². The summed E-state index contributed by atoms with van der Waals surface area (Å²) in [6, 6.07) is 10.3. The number of nitrogens with zero attached hydrogens (tertiary/aromatic N) is 3. The van der Waals surface area contributed by atoms with Gasteiger partial charge in [0.1, 0.15) is 0 Å². The Morgan fingerprint density at radius 3 is 2.44 bits per heavy atom. The normalized spacial score (nSPS) is 16.0. The summed E-state index contributed by atoms with van der Waals surface area (Å²) in [5.41, 5.74) is 0. The molecule has 6 nitrogen and oxygen atoms in total. The first-order valence-corrected chi connectivity index (χ1v) is 11.6. The Morgan fingerprint density at radius 1 is 1.11 bits per heavy atom. The van der Waals surface area contributed by atoms with E-state index in [1.165, 1.54) is 11.3 Å². The van der Waals surface area contributed by atoms with Crippen LogP contribution in [0.3, 0.4) is 0 Å². The van der Waals surface area contributed by atoms with Crippen LogP contribution in [0.1, 0.15) is 0 Å². The second-order valence-corrected chi connectivity index (χ2v) is 10.1. The van der Waals surface area contributed by atoms with Gasteiger partial charge in [0.2, 0.25) is 26.6 Å². The zero-order chi connectivity index (χ0) is 19.0. The molecule has 1 fully saturated rings. The minimum atomic E-state index is -3.80. The van der Waals surface area contributed by atoms with E-state index in [9.17, 15) is 8.42 Å². The van der Waals surface area contributed by atoms with Crippen molar-refractivity contribution in [2.24, 2.45) is 0 Å². The van der Waals surface area contributed by atoms with E-state index < -0.39 is 9.84 Å². The van der Waals surface area contributed by atoms with E-state index in [0.717, 1.165) is 22.4 Å². The molecule has 0 N–H and O–H groups in total. The van der Waals surface area contributed by atoms with Crippen LogP contribution in [0, 0.1) is 0 Å². The Bertz CT molecular complexity index is 1020. The first kappa shape index (κ1) is 18.7. The number of anilines is 1. The van der Waals surface area contributed by atoms with Crippen molar-refractivity contribution < 1.29 is 12.8 Å². The van der Waals surface area contributed by atoms with Crippen LogP contribution < -0.4 is 4.90 Å². The number of sulfone groups is 1. The van der Waals surface area contributed by atoms with Gasteiger partial charge >= 0.3 is 0 Å².